The molecular weight excluding hydrogens is 281 g/mol. The third kappa shape index (κ3) is 2.64. The number of benzene rings is 1. The molecule has 3 rings (SSSR count). The molecule has 2 nitrogen and oxygen atoms in total. The van der Waals surface area contributed by atoms with E-state index in [-0.39, 0.29) is 0 Å². The molecule has 1 N–H and O–H groups in total. The molecule has 2 aliphatic heterocycles. The number of ether oxygens (including phenoxy) is 1. The number of hydrogen-bond acceptors (Lipinski definition) is 2. The van der Waals surface area contributed by atoms with Crippen LogP contribution in [0.5, 0.6) is 0 Å². The Morgan fingerprint density at radius 3 is 2.84 bits per heavy atom. The smallest absolute Gasteiger partial charge is 0.0595 e. The summed E-state index contributed by atoms with van der Waals surface area (Å²) in [6.07, 6.45) is 3.71. The normalized spacial score (nSPS) is 33.6. The molecule has 0 aliphatic carbocycles. The van der Waals surface area contributed by atoms with Gasteiger partial charge in [0.1, 0.15) is 0 Å². The average Bonchev–Trinajstić information content (AvgIpc) is 2.79. The molecule has 4 atom stereocenters. The fourth-order valence-corrected chi connectivity index (χ4v) is 3.99. The molecule has 0 unspecified atom stereocenters. The van der Waals surface area contributed by atoms with Crippen molar-refractivity contribution in [2.45, 2.75) is 37.3 Å². The molecule has 2 aliphatic rings. The van der Waals surface area contributed by atoms with Crippen LogP contribution in [0.15, 0.2) is 18.2 Å². The zero-order valence-electron chi connectivity index (χ0n) is 11.0. The molecule has 0 radical (unpaired) electrons. The van der Waals surface area contributed by atoms with Gasteiger partial charge in [-0.15, -0.1) is 0 Å². The van der Waals surface area contributed by atoms with E-state index in [4.69, 9.17) is 27.9 Å². The molecular formula is C15H19Cl2NO. The summed E-state index contributed by atoms with van der Waals surface area (Å²) in [5, 5.41) is 5.00. The van der Waals surface area contributed by atoms with Crippen molar-refractivity contribution in [3.63, 3.8) is 0 Å². The van der Waals surface area contributed by atoms with Gasteiger partial charge in [-0.1, -0.05) is 29.3 Å². The third-order valence-corrected chi connectivity index (χ3v) is 5.32. The molecule has 0 spiro atoms. The highest BCUT2D eigenvalue weighted by molar-refractivity contribution is 6.42. The van der Waals surface area contributed by atoms with E-state index in [1.807, 2.05) is 12.1 Å². The van der Waals surface area contributed by atoms with Crippen molar-refractivity contribution in [1.82, 2.24) is 5.32 Å². The molecule has 4 heteroatoms. The largest absolute Gasteiger partial charge is 0.384 e. The van der Waals surface area contributed by atoms with Crippen LogP contribution in [0.1, 0.15) is 30.7 Å². The van der Waals surface area contributed by atoms with E-state index in [9.17, 15) is 0 Å². The topological polar surface area (TPSA) is 21.3 Å². The maximum absolute atomic E-state index is 6.17. The molecule has 19 heavy (non-hydrogen) atoms. The van der Waals surface area contributed by atoms with Crippen LogP contribution in [0.25, 0.3) is 0 Å². The lowest BCUT2D eigenvalue weighted by atomic mass is 9.77. The van der Waals surface area contributed by atoms with Crippen LogP contribution in [0, 0.1) is 5.92 Å². The molecule has 1 aromatic carbocycles. The Morgan fingerprint density at radius 2 is 2.11 bits per heavy atom. The van der Waals surface area contributed by atoms with Gasteiger partial charge in [-0.25, -0.2) is 0 Å². The lowest BCUT2D eigenvalue weighted by Gasteiger charge is -2.37. The number of methoxy groups -OCH3 is 1. The van der Waals surface area contributed by atoms with Gasteiger partial charge in [0, 0.05) is 25.1 Å². The highest BCUT2D eigenvalue weighted by atomic mass is 35.5. The first-order chi connectivity index (χ1) is 9.19. The van der Waals surface area contributed by atoms with Gasteiger partial charge in [-0.05, 0) is 42.9 Å². The first-order valence-electron chi connectivity index (χ1n) is 6.89. The zero-order valence-corrected chi connectivity index (χ0v) is 12.5. The fraction of sp³-hybridized carbons (Fsp3) is 0.600. The number of rotatable bonds is 3. The summed E-state index contributed by atoms with van der Waals surface area (Å²) in [5.74, 6) is 1.05. The molecule has 0 amide bonds. The maximum Gasteiger partial charge on any atom is 0.0595 e. The quantitative estimate of drug-likeness (QED) is 0.915. The Kier molecular flexibility index (Phi) is 4.04. The predicted molar refractivity (Wildman–Crippen MR) is 79.1 cm³/mol. The van der Waals surface area contributed by atoms with Crippen molar-refractivity contribution >= 4 is 23.2 Å². The Balaban J connectivity index is 1.89. The summed E-state index contributed by atoms with van der Waals surface area (Å²) in [7, 11) is 1.78. The van der Waals surface area contributed by atoms with Gasteiger partial charge in [-0.3, -0.25) is 0 Å². The highest BCUT2D eigenvalue weighted by Crippen LogP contribution is 2.42. The van der Waals surface area contributed by atoms with Crippen LogP contribution in [-0.2, 0) is 4.74 Å². The summed E-state index contributed by atoms with van der Waals surface area (Å²) >= 11 is 12.2. The van der Waals surface area contributed by atoms with Crippen molar-refractivity contribution in [1.29, 1.82) is 0 Å². The Labute approximate surface area is 124 Å². The van der Waals surface area contributed by atoms with Gasteiger partial charge in [0.25, 0.3) is 0 Å². The first kappa shape index (κ1) is 13.7. The predicted octanol–water partition coefficient (Wildman–Crippen LogP) is 3.86. The van der Waals surface area contributed by atoms with Crippen molar-refractivity contribution in [3.05, 3.63) is 33.8 Å². The Bertz CT molecular complexity index is 465. The molecule has 2 bridgehead atoms. The number of piperidine rings is 1. The summed E-state index contributed by atoms with van der Waals surface area (Å²) in [6.45, 7) is 0.801. The van der Waals surface area contributed by atoms with E-state index in [1.54, 1.807) is 7.11 Å². The standard InChI is InChI=1S/C15H19Cl2NO/c1-19-8-12-11(7-10-3-5-15(12)18-10)9-2-4-13(16)14(17)6-9/h2,4,6,10-12,15,18H,3,5,7-8H2,1H3/t10-,11+,12+,15+/m0/s1. The minimum atomic E-state index is 0.522. The van der Waals surface area contributed by atoms with Gasteiger partial charge in [0.15, 0.2) is 0 Å². The number of hydrogen-bond donors (Lipinski definition) is 1. The van der Waals surface area contributed by atoms with Crippen LogP contribution in [0.3, 0.4) is 0 Å². The summed E-state index contributed by atoms with van der Waals surface area (Å²) in [6, 6.07) is 7.29. The zero-order chi connectivity index (χ0) is 13.4. The van der Waals surface area contributed by atoms with Crippen LogP contribution >= 0.6 is 23.2 Å². The van der Waals surface area contributed by atoms with Gasteiger partial charge in [0.05, 0.1) is 16.7 Å². The average molecular weight is 300 g/mol. The van der Waals surface area contributed by atoms with E-state index in [1.165, 1.54) is 24.8 Å². The monoisotopic (exact) mass is 299 g/mol. The fourth-order valence-electron chi connectivity index (χ4n) is 3.69. The van der Waals surface area contributed by atoms with Gasteiger partial charge < -0.3 is 10.1 Å². The summed E-state index contributed by atoms with van der Waals surface area (Å²) in [4.78, 5) is 0. The SMILES string of the molecule is COC[C@@H]1[C@@H](c2ccc(Cl)c(Cl)c2)C[C@@H]2CC[C@H]1N2. The maximum atomic E-state index is 6.17. The van der Waals surface area contributed by atoms with E-state index < -0.39 is 0 Å². The van der Waals surface area contributed by atoms with Crippen molar-refractivity contribution in [2.24, 2.45) is 5.92 Å². The Hall–Kier alpha value is -0.280. The van der Waals surface area contributed by atoms with Crippen molar-refractivity contribution < 1.29 is 4.74 Å². The van der Waals surface area contributed by atoms with Gasteiger partial charge >= 0.3 is 0 Å². The van der Waals surface area contributed by atoms with Crippen molar-refractivity contribution in [2.75, 3.05) is 13.7 Å². The molecule has 1 aromatic rings. The van der Waals surface area contributed by atoms with Gasteiger partial charge in [0.2, 0.25) is 0 Å². The Morgan fingerprint density at radius 1 is 1.26 bits per heavy atom. The highest BCUT2D eigenvalue weighted by Gasteiger charge is 2.41. The third-order valence-electron chi connectivity index (χ3n) is 4.58. The second kappa shape index (κ2) is 5.61. The van der Waals surface area contributed by atoms with Crippen LogP contribution < -0.4 is 5.32 Å². The molecule has 0 aromatic heterocycles. The van der Waals surface area contributed by atoms with E-state index in [0.29, 0.717) is 34.0 Å². The van der Waals surface area contributed by atoms with Crippen LogP contribution in [0.2, 0.25) is 10.0 Å². The van der Waals surface area contributed by atoms with E-state index in [0.717, 1.165) is 6.61 Å². The molecule has 104 valence electrons. The van der Waals surface area contributed by atoms with E-state index in [2.05, 4.69) is 11.4 Å². The lowest BCUT2D eigenvalue weighted by molar-refractivity contribution is 0.101. The summed E-state index contributed by atoms with van der Waals surface area (Å²) < 4.78 is 5.44. The van der Waals surface area contributed by atoms with Crippen LogP contribution in [-0.4, -0.2) is 25.8 Å². The minimum Gasteiger partial charge on any atom is -0.384 e. The second-order valence-corrected chi connectivity index (χ2v) is 6.50. The molecule has 2 heterocycles. The molecule has 0 saturated carbocycles. The van der Waals surface area contributed by atoms with Gasteiger partial charge in [-0.2, -0.15) is 0 Å². The van der Waals surface area contributed by atoms with Crippen molar-refractivity contribution in [3.8, 4) is 0 Å². The number of nitrogens with one attached hydrogen (secondary N) is 1. The molecule has 2 fully saturated rings. The first-order valence-corrected chi connectivity index (χ1v) is 7.64. The number of fused-ring (bicyclic) bond motifs is 2. The lowest BCUT2D eigenvalue weighted by Crippen LogP contribution is -2.46. The van der Waals surface area contributed by atoms with Crippen LogP contribution in [0.4, 0.5) is 0 Å². The second-order valence-electron chi connectivity index (χ2n) is 5.68. The van der Waals surface area contributed by atoms with E-state index >= 15 is 0 Å². The summed E-state index contributed by atoms with van der Waals surface area (Å²) in [5.41, 5.74) is 1.30. The minimum absolute atomic E-state index is 0.522. The number of halogens is 2. The molecule has 2 saturated heterocycles.